The summed E-state index contributed by atoms with van der Waals surface area (Å²) in [4.78, 5) is 5.21. The molecule has 4 aliphatic rings. The Morgan fingerprint density at radius 2 is 0.652 bits per heavy atom. The summed E-state index contributed by atoms with van der Waals surface area (Å²) in [5.74, 6) is 0. The Labute approximate surface area is 546 Å². The summed E-state index contributed by atoms with van der Waals surface area (Å²) in [5, 5.41) is 2.55. The van der Waals surface area contributed by atoms with Crippen molar-refractivity contribution >= 4 is 79.0 Å². The molecular weight excluding hydrogens is 1110 g/mol. The van der Waals surface area contributed by atoms with Crippen molar-refractivity contribution in [1.29, 1.82) is 0 Å². The van der Waals surface area contributed by atoms with Crippen LogP contribution in [-0.2, 0) is 32.5 Å². The third kappa shape index (κ3) is 9.20. The summed E-state index contributed by atoms with van der Waals surface area (Å²) in [7, 11) is 0. The maximum Gasteiger partial charge on any atom is 0.252 e. The zero-order valence-corrected chi connectivity index (χ0v) is 56.3. The molecule has 2 aliphatic heterocycles. The number of rotatable bonds is 7. The summed E-state index contributed by atoms with van der Waals surface area (Å²) in [6.45, 7) is 33.2. The van der Waals surface area contributed by atoms with E-state index >= 15 is 0 Å². The molecule has 3 nitrogen and oxygen atoms in total. The minimum atomic E-state index is -0.128. The van der Waals surface area contributed by atoms with E-state index in [1.807, 2.05) is 0 Å². The molecule has 0 saturated heterocycles. The van der Waals surface area contributed by atoms with E-state index in [9.17, 15) is 0 Å². The van der Waals surface area contributed by atoms with Gasteiger partial charge in [-0.2, -0.15) is 0 Å². The Bertz CT molecular complexity index is 4680. The van der Waals surface area contributed by atoms with E-state index in [4.69, 9.17) is 0 Å². The monoisotopic (exact) mass is 1190 g/mol. The molecule has 12 aromatic rings. The van der Waals surface area contributed by atoms with Crippen molar-refractivity contribution in [1.82, 2.24) is 4.57 Å². The van der Waals surface area contributed by atoms with Crippen molar-refractivity contribution in [3.05, 3.63) is 264 Å². The van der Waals surface area contributed by atoms with E-state index < -0.39 is 0 Å². The maximum absolute atomic E-state index is 2.61. The van der Waals surface area contributed by atoms with Crippen LogP contribution in [0.15, 0.2) is 231 Å². The quantitative estimate of drug-likeness (QED) is 0.147. The number of nitrogens with zero attached hydrogens (tertiary/aromatic N) is 3. The van der Waals surface area contributed by atoms with Crippen molar-refractivity contribution in [3.8, 4) is 50.2 Å². The number of anilines is 6. The first-order valence-corrected chi connectivity index (χ1v) is 33.6. The van der Waals surface area contributed by atoms with Crippen LogP contribution >= 0.6 is 0 Å². The molecule has 11 aromatic carbocycles. The van der Waals surface area contributed by atoms with Gasteiger partial charge in [-0.05, 0) is 212 Å². The molecule has 0 radical (unpaired) electrons. The van der Waals surface area contributed by atoms with Crippen molar-refractivity contribution in [2.75, 3.05) is 9.80 Å². The first kappa shape index (κ1) is 58.0. The number of hydrogen-bond acceptors (Lipinski definition) is 2. The third-order valence-electron chi connectivity index (χ3n) is 21.7. The summed E-state index contributed by atoms with van der Waals surface area (Å²) < 4.78 is 2.58. The lowest BCUT2D eigenvalue weighted by atomic mass is 9.33. The third-order valence-corrected chi connectivity index (χ3v) is 21.7. The van der Waals surface area contributed by atoms with Crippen LogP contribution in [0.4, 0.5) is 34.1 Å². The summed E-state index contributed by atoms with van der Waals surface area (Å²) in [6.07, 6.45) is 2.28. The molecule has 0 spiro atoms. The molecule has 0 unspecified atom stereocenters. The van der Waals surface area contributed by atoms with Crippen molar-refractivity contribution < 1.29 is 0 Å². The zero-order valence-electron chi connectivity index (χ0n) is 56.3. The molecule has 454 valence electrons. The molecule has 0 saturated carbocycles. The van der Waals surface area contributed by atoms with Crippen molar-refractivity contribution in [3.63, 3.8) is 0 Å². The van der Waals surface area contributed by atoms with Gasteiger partial charge in [-0.3, -0.25) is 0 Å². The first-order valence-electron chi connectivity index (χ1n) is 33.6. The largest absolute Gasteiger partial charge is 0.311 e. The van der Waals surface area contributed by atoms with E-state index in [-0.39, 0.29) is 39.2 Å². The van der Waals surface area contributed by atoms with E-state index in [0.29, 0.717) is 0 Å². The van der Waals surface area contributed by atoms with Crippen LogP contribution in [0.5, 0.6) is 0 Å². The highest BCUT2D eigenvalue weighted by atomic mass is 15.2. The molecule has 3 heterocycles. The molecular formula is C88H84BN3. The fraction of sp³-hybridized carbons (Fsp3) is 0.250. The number of benzene rings is 11. The Hall–Kier alpha value is -9.12. The lowest BCUT2D eigenvalue weighted by Crippen LogP contribution is -2.61. The van der Waals surface area contributed by atoms with Gasteiger partial charge < -0.3 is 14.4 Å². The highest BCUT2D eigenvalue weighted by Crippen LogP contribution is 2.53. The first-order chi connectivity index (χ1) is 43.8. The van der Waals surface area contributed by atoms with Gasteiger partial charge >= 0.3 is 0 Å². The minimum Gasteiger partial charge on any atom is -0.311 e. The van der Waals surface area contributed by atoms with Gasteiger partial charge in [0.2, 0.25) is 0 Å². The van der Waals surface area contributed by atoms with Gasteiger partial charge in [0, 0.05) is 44.9 Å². The molecule has 2 aliphatic carbocycles. The average molecular weight is 1190 g/mol. The zero-order chi connectivity index (χ0) is 63.8. The smallest absolute Gasteiger partial charge is 0.252 e. The second-order valence-electron chi connectivity index (χ2n) is 32.1. The van der Waals surface area contributed by atoms with Crippen LogP contribution in [0, 0.1) is 0 Å². The van der Waals surface area contributed by atoms with Gasteiger partial charge in [-0.1, -0.05) is 255 Å². The number of aromatic nitrogens is 1. The lowest BCUT2D eigenvalue weighted by molar-refractivity contribution is 0.402. The SMILES string of the molecule is CC(C)(C)c1ccc2c(c1)c1cc(C(C)(C)C)ccc1n2-c1cc2c3c(c1)N(c1ccc(-c4ccc5c(c4)C(C)(C)CC5(C)C)cc1)c1ccc(-c4ccccc4)cc1B3c1cc(-c3ccccc3)ccc1N2c1ccc(-c2ccc3c(c2)C(C)(C)CC3(C)C)cc1. The molecule has 92 heavy (non-hydrogen) atoms. The normalized spacial score (nSPS) is 16.3. The maximum atomic E-state index is 2.61. The molecule has 0 atom stereocenters. The topological polar surface area (TPSA) is 11.4 Å². The highest BCUT2D eigenvalue weighted by molar-refractivity contribution is 7.00. The fourth-order valence-corrected chi connectivity index (χ4v) is 17.5. The van der Waals surface area contributed by atoms with Gasteiger partial charge in [0.15, 0.2) is 0 Å². The van der Waals surface area contributed by atoms with E-state index in [1.54, 1.807) is 0 Å². The van der Waals surface area contributed by atoms with Crippen LogP contribution in [0.2, 0.25) is 0 Å². The van der Waals surface area contributed by atoms with E-state index in [0.717, 1.165) is 29.9 Å². The summed E-state index contributed by atoms with van der Waals surface area (Å²) >= 11 is 0. The molecule has 4 heteroatoms. The van der Waals surface area contributed by atoms with Gasteiger partial charge in [-0.25, -0.2) is 0 Å². The molecule has 16 rings (SSSR count). The van der Waals surface area contributed by atoms with Crippen molar-refractivity contribution in [2.45, 2.75) is 142 Å². The van der Waals surface area contributed by atoms with E-state index in [1.165, 1.54) is 139 Å². The Morgan fingerprint density at radius 3 is 1.04 bits per heavy atom. The minimum absolute atomic E-state index is 0.0367. The van der Waals surface area contributed by atoms with Crippen LogP contribution < -0.4 is 26.2 Å². The van der Waals surface area contributed by atoms with Crippen LogP contribution in [-0.4, -0.2) is 11.3 Å². The van der Waals surface area contributed by atoms with Gasteiger partial charge in [0.25, 0.3) is 6.71 Å². The second kappa shape index (κ2) is 20.2. The highest BCUT2D eigenvalue weighted by Gasteiger charge is 2.46. The van der Waals surface area contributed by atoms with E-state index in [2.05, 4.69) is 342 Å². The van der Waals surface area contributed by atoms with Crippen LogP contribution in [0.1, 0.15) is 143 Å². The second-order valence-corrected chi connectivity index (χ2v) is 32.1. The molecule has 0 amide bonds. The Morgan fingerprint density at radius 1 is 0.304 bits per heavy atom. The van der Waals surface area contributed by atoms with Gasteiger partial charge in [0.1, 0.15) is 0 Å². The van der Waals surface area contributed by atoms with Gasteiger partial charge in [0.05, 0.1) is 16.7 Å². The average Bonchev–Trinajstić information content (AvgIpc) is 0.859. The summed E-state index contributed by atoms with van der Waals surface area (Å²) in [6, 6.07) is 89.6. The Kier molecular flexibility index (Phi) is 12.7. The lowest BCUT2D eigenvalue weighted by Gasteiger charge is -2.44. The van der Waals surface area contributed by atoms with Gasteiger partial charge in [-0.15, -0.1) is 0 Å². The summed E-state index contributed by atoms with van der Waals surface area (Å²) in [5.41, 5.74) is 33.1. The molecule has 0 N–H and O–H groups in total. The van der Waals surface area contributed by atoms with Crippen LogP contribution in [0.25, 0.3) is 72.0 Å². The van der Waals surface area contributed by atoms with Crippen molar-refractivity contribution in [2.24, 2.45) is 0 Å². The fourth-order valence-electron chi connectivity index (χ4n) is 17.5. The Balaban J connectivity index is 0.977. The molecule has 1 aromatic heterocycles. The standard InChI is InChI=1S/C88H84BN3/c1-83(2,3)63-33-43-76-68(49-63)69-50-64(84(4,5)6)34-44-77(69)92(76)67-51-80-82-81(52-67)91(66-37-27-58(28-38-66)60-30-40-71-73(46-60)88(13,14)54-86(71,9)10)79-42-32-62(56-23-19-16-20-24-56)48-75(79)89(82)74-47-61(55-21-17-15-18-22-55)31-41-78(74)90(80)65-35-25-57(26-36-65)59-29-39-70-72(45-59)87(11,12)53-85(70,7)8/h15-52H,53-54H2,1-14H3. The predicted octanol–water partition coefficient (Wildman–Crippen LogP) is 22.0. The number of hydrogen-bond donors (Lipinski definition) is 0. The molecule has 0 bridgehead atoms. The number of fused-ring (bicyclic) bond motifs is 9. The van der Waals surface area contributed by atoms with Crippen LogP contribution in [0.3, 0.4) is 0 Å². The predicted molar refractivity (Wildman–Crippen MR) is 395 cm³/mol. The molecule has 0 fully saturated rings.